The highest BCUT2D eigenvalue weighted by Gasteiger charge is 2.17. The van der Waals surface area contributed by atoms with Crippen LogP contribution in [0.5, 0.6) is 5.75 Å². The molecule has 23 heavy (non-hydrogen) atoms. The van der Waals surface area contributed by atoms with E-state index in [0.29, 0.717) is 16.8 Å². The molecule has 0 spiro atoms. The number of carbonyl (C=O) groups is 1. The molecule has 0 unspecified atom stereocenters. The fraction of sp³-hybridized carbons (Fsp3) is 0.235. The fourth-order valence-corrected chi connectivity index (χ4v) is 5.18. The van der Waals surface area contributed by atoms with Crippen LogP contribution in [0.25, 0.3) is 0 Å². The lowest BCUT2D eigenvalue weighted by Crippen LogP contribution is -2.30. The molecule has 1 heterocycles. The molecule has 0 saturated carbocycles. The maximum atomic E-state index is 11.5. The normalized spacial score (nSPS) is 14.7. The Morgan fingerprint density at radius 3 is 2.61 bits per heavy atom. The first-order chi connectivity index (χ1) is 11.3. The summed E-state index contributed by atoms with van der Waals surface area (Å²) < 4.78 is 6.35. The average molecular weight is 346 g/mol. The van der Waals surface area contributed by atoms with Crippen molar-refractivity contribution in [2.45, 2.75) is 11.2 Å². The van der Waals surface area contributed by atoms with E-state index in [0.717, 1.165) is 11.3 Å². The maximum Gasteiger partial charge on any atom is 0.265 e. The van der Waals surface area contributed by atoms with Crippen LogP contribution in [-0.2, 0) is 6.61 Å². The smallest absolute Gasteiger partial charge is 0.265 e. The molecule has 0 atom stereocenters. The first kappa shape index (κ1) is 16.2. The summed E-state index contributed by atoms with van der Waals surface area (Å²) in [6.07, 6.45) is 0. The van der Waals surface area contributed by atoms with Crippen LogP contribution in [0.3, 0.4) is 0 Å². The van der Waals surface area contributed by atoms with Crippen LogP contribution in [-0.4, -0.2) is 17.4 Å². The van der Waals surface area contributed by atoms with Crippen LogP contribution in [0.4, 0.5) is 0 Å². The summed E-state index contributed by atoms with van der Waals surface area (Å²) in [6.45, 7) is 0.415. The zero-order valence-electron chi connectivity index (χ0n) is 12.5. The summed E-state index contributed by atoms with van der Waals surface area (Å²) in [5.41, 5.74) is 4.93. The van der Waals surface area contributed by atoms with E-state index in [1.165, 1.54) is 17.1 Å². The quantitative estimate of drug-likeness (QED) is 0.494. The Balaban J connectivity index is 1.60. The van der Waals surface area contributed by atoms with E-state index < -0.39 is 0 Å². The summed E-state index contributed by atoms with van der Waals surface area (Å²) in [7, 11) is 0. The van der Waals surface area contributed by atoms with Crippen LogP contribution in [0.15, 0.2) is 48.5 Å². The van der Waals surface area contributed by atoms with Gasteiger partial charge in [-0.05, 0) is 35.4 Å². The summed E-state index contributed by atoms with van der Waals surface area (Å²) in [4.78, 5) is 11.5. The van der Waals surface area contributed by atoms with Gasteiger partial charge >= 0.3 is 0 Å². The van der Waals surface area contributed by atoms with Gasteiger partial charge in [0, 0.05) is 17.1 Å². The zero-order chi connectivity index (χ0) is 16.1. The molecule has 0 aromatic heterocycles. The second kappa shape index (κ2) is 7.77. The van der Waals surface area contributed by atoms with Gasteiger partial charge in [-0.25, -0.2) is 5.84 Å². The predicted molar refractivity (Wildman–Crippen MR) is 96.5 cm³/mol. The molecule has 2 aromatic carbocycles. The molecular weight excluding hydrogens is 328 g/mol. The third-order valence-electron chi connectivity index (χ3n) is 3.50. The van der Waals surface area contributed by atoms with Gasteiger partial charge in [-0.1, -0.05) is 24.3 Å². The zero-order valence-corrected chi connectivity index (χ0v) is 14.2. The van der Waals surface area contributed by atoms with Crippen molar-refractivity contribution >= 4 is 29.4 Å². The summed E-state index contributed by atoms with van der Waals surface area (Å²) in [6, 6.07) is 15.5. The molecule has 1 fully saturated rings. The molecule has 3 N–H and O–H groups in total. The van der Waals surface area contributed by atoms with Crippen molar-refractivity contribution in [3.63, 3.8) is 0 Å². The Bertz CT molecular complexity index is 671. The van der Waals surface area contributed by atoms with E-state index in [9.17, 15) is 4.79 Å². The van der Waals surface area contributed by atoms with Crippen LogP contribution < -0.4 is 16.0 Å². The Kier molecular flexibility index (Phi) is 5.48. The van der Waals surface area contributed by atoms with Crippen LogP contribution in [0.2, 0.25) is 0 Å². The number of hydrogen-bond acceptors (Lipinski definition) is 5. The van der Waals surface area contributed by atoms with Crippen molar-refractivity contribution in [3.8, 4) is 5.75 Å². The number of amides is 1. The second-order valence-electron chi connectivity index (χ2n) is 5.11. The number of thioether (sulfide) groups is 2. The first-order valence-corrected chi connectivity index (χ1v) is 9.42. The van der Waals surface area contributed by atoms with Gasteiger partial charge in [-0.15, -0.1) is 23.5 Å². The topological polar surface area (TPSA) is 64.3 Å². The van der Waals surface area contributed by atoms with Crippen LogP contribution in [0.1, 0.15) is 26.1 Å². The number of nitrogen functional groups attached to an aromatic ring is 1. The fourth-order valence-electron chi connectivity index (χ4n) is 2.32. The summed E-state index contributed by atoms with van der Waals surface area (Å²) in [5.74, 6) is 8.12. The highest BCUT2D eigenvalue weighted by molar-refractivity contribution is 8.19. The number of nitrogens with one attached hydrogen (secondary N) is 1. The van der Waals surface area contributed by atoms with Crippen molar-refractivity contribution in [3.05, 3.63) is 65.2 Å². The minimum absolute atomic E-state index is 0.303. The van der Waals surface area contributed by atoms with Gasteiger partial charge in [0.2, 0.25) is 0 Å². The van der Waals surface area contributed by atoms with Crippen molar-refractivity contribution in [1.29, 1.82) is 0 Å². The molecule has 3 rings (SSSR count). The van der Waals surface area contributed by atoms with Crippen molar-refractivity contribution in [1.82, 2.24) is 5.43 Å². The first-order valence-electron chi connectivity index (χ1n) is 7.32. The van der Waals surface area contributed by atoms with Gasteiger partial charge in [0.1, 0.15) is 12.4 Å². The molecule has 4 nitrogen and oxygen atoms in total. The molecule has 1 saturated heterocycles. The molecule has 120 valence electrons. The number of ether oxygens (including phenoxy) is 1. The molecule has 0 bridgehead atoms. The van der Waals surface area contributed by atoms with E-state index >= 15 is 0 Å². The molecule has 1 aliphatic heterocycles. The number of benzene rings is 2. The third-order valence-corrected chi connectivity index (χ3v) is 6.60. The van der Waals surface area contributed by atoms with E-state index in [1.54, 1.807) is 12.1 Å². The van der Waals surface area contributed by atoms with Crippen molar-refractivity contribution in [2.24, 2.45) is 5.84 Å². The maximum absolute atomic E-state index is 11.5. The highest BCUT2D eigenvalue weighted by atomic mass is 32.2. The van der Waals surface area contributed by atoms with E-state index in [-0.39, 0.29) is 5.91 Å². The largest absolute Gasteiger partial charge is 0.489 e. The number of carbonyl (C=O) groups excluding carboxylic acids is 1. The summed E-state index contributed by atoms with van der Waals surface area (Å²) in [5, 5.41) is 0. The standard InChI is InChI=1S/C17H18N2O2S2/c18-19-16(20)14-3-1-2-12(10-14)11-21-15-6-4-13(5-7-15)17-22-8-9-23-17/h1-7,10,17H,8-9,11,18H2,(H,19,20). The molecular formula is C17H18N2O2S2. The number of nitrogens with two attached hydrogens (primary N) is 1. The Labute approximate surface area is 144 Å². The molecule has 0 aliphatic carbocycles. The second-order valence-corrected chi connectivity index (χ2v) is 7.83. The lowest BCUT2D eigenvalue weighted by molar-refractivity contribution is 0.0953. The Hall–Kier alpha value is -1.63. The van der Waals surface area contributed by atoms with Gasteiger partial charge in [0.15, 0.2) is 0 Å². The Morgan fingerprint density at radius 2 is 1.91 bits per heavy atom. The van der Waals surface area contributed by atoms with Gasteiger partial charge in [0.05, 0.1) is 4.58 Å². The van der Waals surface area contributed by atoms with Crippen molar-refractivity contribution in [2.75, 3.05) is 11.5 Å². The van der Waals surface area contributed by atoms with E-state index in [1.807, 2.05) is 47.8 Å². The molecule has 1 aliphatic rings. The van der Waals surface area contributed by atoms with Gasteiger partial charge in [0.25, 0.3) is 5.91 Å². The summed E-state index contributed by atoms with van der Waals surface area (Å²) >= 11 is 3.98. The van der Waals surface area contributed by atoms with Crippen LogP contribution in [0, 0.1) is 0 Å². The number of hydrogen-bond donors (Lipinski definition) is 2. The Morgan fingerprint density at radius 1 is 1.17 bits per heavy atom. The van der Waals surface area contributed by atoms with Crippen LogP contribution >= 0.6 is 23.5 Å². The SMILES string of the molecule is NNC(=O)c1cccc(COc2ccc(C3SCCS3)cc2)c1. The molecule has 1 amide bonds. The number of hydrazine groups is 1. The third kappa shape index (κ3) is 4.22. The molecule has 0 radical (unpaired) electrons. The lowest BCUT2D eigenvalue weighted by Gasteiger charge is -2.11. The molecule has 2 aromatic rings. The minimum atomic E-state index is -0.303. The van der Waals surface area contributed by atoms with Gasteiger partial charge < -0.3 is 4.74 Å². The highest BCUT2D eigenvalue weighted by Crippen LogP contribution is 2.45. The lowest BCUT2D eigenvalue weighted by atomic mass is 10.1. The van der Waals surface area contributed by atoms with E-state index in [2.05, 4.69) is 17.6 Å². The monoisotopic (exact) mass is 346 g/mol. The molecule has 6 heteroatoms. The van der Waals surface area contributed by atoms with Gasteiger partial charge in [-0.2, -0.15) is 0 Å². The number of rotatable bonds is 5. The van der Waals surface area contributed by atoms with Gasteiger partial charge in [-0.3, -0.25) is 10.2 Å². The van der Waals surface area contributed by atoms with Crippen molar-refractivity contribution < 1.29 is 9.53 Å². The minimum Gasteiger partial charge on any atom is -0.489 e. The van der Waals surface area contributed by atoms with E-state index in [4.69, 9.17) is 10.6 Å². The average Bonchev–Trinajstić information content (AvgIpc) is 3.14. The predicted octanol–water partition coefficient (Wildman–Crippen LogP) is 3.35.